The van der Waals surface area contributed by atoms with Crippen molar-refractivity contribution in [2.24, 2.45) is 5.16 Å². The molecule has 2 aromatic rings. The quantitative estimate of drug-likeness (QED) is 0.126. The fourth-order valence-corrected chi connectivity index (χ4v) is 6.03. The van der Waals surface area contributed by atoms with Gasteiger partial charge in [0.1, 0.15) is 55.8 Å². The summed E-state index contributed by atoms with van der Waals surface area (Å²) in [5, 5.41) is 38.0. The summed E-state index contributed by atoms with van der Waals surface area (Å²) in [6.45, 7) is 2.84. The summed E-state index contributed by atoms with van der Waals surface area (Å²) in [5.74, 6) is -2.12. The van der Waals surface area contributed by atoms with Crippen molar-refractivity contribution >= 4 is 40.9 Å². The molecule has 0 unspecified atom stereocenters. The van der Waals surface area contributed by atoms with Gasteiger partial charge in [-0.3, -0.25) is 4.79 Å². The summed E-state index contributed by atoms with van der Waals surface area (Å²) in [5.41, 5.74) is 1.22. The fourth-order valence-electron chi connectivity index (χ4n) is 5.59. The van der Waals surface area contributed by atoms with Crippen LogP contribution >= 0.6 is 23.2 Å². The number of halogens is 4. The highest BCUT2D eigenvalue weighted by Crippen LogP contribution is 2.32. The fraction of sp³-hybridized carbons (Fsp3) is 0.484. The number of amides is 1. The molecule has 1 aliphatic carbocycles. The molecule has 3 fully saturated rings. The monoisotopic (exact) mass is 702 g/mol. The molecule has 5 rings (SSSR count). The first-order valence-corrected chi connectivity index (χ1v) is 15.3. The van der Waals surface area contributed by atoms with Crippen molar-refractivity contribution in [3.63, 3.8) is 0 Å². The van der Waals surface area contributed by atoms with E-state index < -0.39 is 72.6 Å². The van der Waals surface area contributed by atoms with Crippen molar-refractivity contribution < 1.29 is 57.4 Å². The van der Waals surface area contributed by atoms with Gasteiger partial charge in [-0.25, -0.2) is 8.78 Å². The molecule has 2 saturated heterocycles. The number of benzene rings is 2. The van der Waals surface area contributed by atoms with Gasteiger partial charge >= 0.3 is 0 Å². The summed E-state index contributed by atoms with van der Waals surface area (Å²) >= 11 is 11.8. The number of hydrogen-bond acceptors (Lipinski definition) is 11. The van der Waals surface area contributed by atoms with Crippen LogP contribution in [0.25, 0.3) is 6.08 Å². The van der Waals surface area contributed by atoms with Gasteiger partial charge in [0.05, 0.1) is 22.9 Å². The molecule has 0 spiro atoms. The lowest BCUT2D eigenvalue weighted by Gasteiger charge is -2.41. The average Bonchev–Trinajstić information content (AvgIpc) is 3.70. The number of hydrogen-bond donors (Lipinski definition) is 4. The van der Waals surface area contributed by atoms with Crippen LogP contribution in [0.4, 0.5) is 8.78 Å². The SMILES string of the molecule is CO[C@H]1C[C@@H](Oc2ccc(/C=C(\C)C(=O)N[C@@H]3[C@H](O)[C@@H](O)[C@H]4OCO[C@H]4[C@@H]3O)cc2F)O[C@@H]1/C(C)=N/OCc1cc(F)c(Cl)cc1Cl. The molecule has 1 amide bonds. The Hall–Kier alpha value is -2.92. The van der Waals surface area contributed by atoms with Crippen molar-refractivity contribution in [2.45, 2.75) is 81.9 Å². The molecule has 16 heteroatoms. The summed E-state index contributed by atoms with van der Waals surface area (Å²) in [6, 6.07) is 5.28. The third kappa shape index (κ3) is 7.88. The van der Waals surface area contributed by atoms with Gasteiger partial charge in [-0.1, -0.05) is 34.4 Å². The number of nitrogens with zero attached hydrogens (tertiary/aromatic N) is 1. The van der Waals surface area contributed by atoms with E-state index in [2.05, 4.69) is 10.5 Å². The number of methoxy groups -OCH3 is 1. The van der Waals surface area contributed by atoms with E-state index in [4.69, 9.17) is 51.7 Å². The van der Waals surface area contributed by atoms with Crippen molar-refractivity contribution in [3.05, 3.63) is 68.7 Å². The molecule has 2 aromatic carbocycles. The Morgan fingerprint density at radius 3 is 2.47 bits per heavy atom. The third-order valence-corrected chi connectivity index (χ3v) is 8.79. The van der Waals surface area contributed by atoms with Gasteiger partial charge in [0.25, 0.3) is 0 Å². The maximum absolute atomic E-state index is 15.1. The number of oxime groups is 1. The topological polar surface area (TPSA) is 158 Å². The second kappa shape index (κ2) is 15.1. The molecule has 3 aliphatic rings. The smallest absolute Gasteiger partial charge is 0.247 e. The van der Waals surface area contributed by atoms with Gasteiger partial charge in [0.2, 0.25) is 12.2 Å². The Bertz CT molecular complexity index is 1530. The van der Waals surface area contributed by atoms with Crippen molar-refractivity contribution in [1.82, 2.24) is 5.32 Å². The summed E-state index contributed by atoms with van der Waals surface area (Å²) in [4.78, 5) is 18.2. The minimum absolute atomic E-state index is 0.106. The van der Waals surface area contributed by atoms with E-state index in [1.54, 1.807) is 6.92 Å². The predicted molar refractivity (Wildman–Crippen MR) is 164 cm³/mol. The van der Waals surface area contributed by atoms with Gasteiger partial charge in [0, 0.05) is 29.7 Å². The van der Waals surface area contributed by atoms with Crippen LogP contribution in [0.15, 0.2) is 41.1 Å². The second-order valence-electron chi connectivity index (χ2n) is 11.3. The zero-order chi connectivity index (χ0) is 34.0. The molecule has 0 bridgehead atoms. The van der Waals surface area contributed by atoms with E-state index in [9.17, 15) is 24.5 Å². The lowest BCUT2D eigenvalue weighted by Crippen LogP contribution is -2.67. The first-order chi connectivity index (χ1) is 22.4. The Balaban J connectivity index is 1.17. The number of fused-ring (bicyclic) bond motifs is 1. The van der Waals surface area contributed by atoms with E-state index in [1.807, 2.05) is 0 Å². The maximum atomic E-state index is 15.1. The largest absolute Gasteiger partial charge is 0.462 e. The second-order valence-corrected chi connectivity index (χ2v) is 12.2. The predicted octanol–water partition coefficient (Wildman–Crippen LogP) is 3.10. The Labute approximate surface area is 278 Å². The number of ether oxygens (including phenoxy) is 5. The molecule has 1 saturated carbocycles. The van der Waals surface area contributed by atoms with Crippen molar-refractivity contribution in [2.75, 3.05) is 13.9 Å². The summed E-state index contributed by atoms with van der Waals surface area (Å²) < 4.78 is 56.6. The van der Waals surface area contributed by atoms with Gasteiger partial charge in [0.15, 0.2) is 11.6 Å². The average molecular weight is 704 g/mol. The van der Waals surface area contributed by atoms with Crippen LogP contribution in [0.2, 0.25) is 10.0 Å². The summed E-state index contributed by atoms with van der Waals surface area (Å²) in [6.07, 6.45) is -6.46. The zero-order valence-corrected chi connectivity index (χ0v) is 27.0. The molecule has 9 atom stereocenters. The molecule has 0 radical (unpaired) electrons. The number of rotatable bonds is 10. The maximum Gasteiger partial charge on any atom is 0.247 e. The molecule has 2 heterocycles. The number of nitrogens with one attached hydrogen (secondary N) is 1. The number of aliphatic hydroxyl groups excluding tert-OH is 3. The van der Waals surface area contributed by atoms with Crippen LogP contribution in [0.5, 0.6) is 5.75 Å². The Morgan fingerprint density at radius 1 is 1.04 bits per heavy atom. The van der Waals surface area contributed by atoms with E-state index in [1.165, 1.54) is 44.4 Å². The molecule has 47 heavy (non-hydrogen) atoms. The minimum Gasteiger partial charge on any atom is -0.462 e. The zero-order valence-electron chi connectivity index (χ0n) is 25.4. The van der Waals surface area contributed by atoms with E-state index in [0.29, 0.717) is 16.8 Å². The first kappa shape index (κ1) is 35.4. The highest BCUT2D eigenvalue weighted by Gasteiger charge is 2.53. The van der Waals surface area contributed by atoms with E-state index in [-0.39, 0.29) is 41.2 Å². The summed E-state index contributed by atoms with van der Waals surface area (Å²) in [7, 11) is 1.49. The van der Waals surface area contributed by atoms with Crippen LogP contribution in [-0.2, 0) is 35.2 Å². The highest BCUT2D eigenvalue weighted by atomic mass is 35.5. The highest BCUT2D eigenvalue weighted by molar-refractivity contribution is 6.35. The number of aliphatic hydroxyl groups is 3. The molecule has 2 aliphatic heterocycles. The van der Waals surface area contributed by atoms with Crippen LogP contribution < -0.4 is 10.1 Å². The lowest BCUT2D eigenvalue weighted by atomic mass is 9.83. The molecule has 4 N–H and O–H groups in total. The van der Waals surface area contributed by atoms with E-state index in [0.717, 1.165) is 6.07 Å². The van der Waals surface area contributed by atoms with Gasteiger partial charge < -0.3 is 49.2 Å². The van der Waals surface area contributed by atoms with Crippen molar-refractivity contribution in [3.8, 4) is 5.75 Å². The Morgan fingerprint density at radius 2 is 1.77 bits per heavy atom. The Kier molecular flexibility index (Phi) is 11.4. The van der Waals surface area contributed by atoms with Gasteiger partial charge in [-0.2, -0.15) is 0 Å². The molecule has 0 aromatic heterocycles. The standard InChI is InChI=1S/C31H34Cl2F2N2O10/c1-13(31(41)36-24-25(38)27(40)30-29(26(24)39)43-12-44-30)6-15-4-5-21(20(35)7-15)46-23-10-22(42-3)28(47-23)14(2)37-45-11-16-8-19(34)18(33)9-17(16)32/h4-9,22-30,38-40H,10-12H2,1-3H3,(H,36,41)/b13-6+,37-14+/t22-,23-,24+,25-,26+,27+,28+,29-,30+/m0/s1. The molecule has 256 valence electrons. The molecule has 12 nitrogen and oxygen atoms in total. The minimum atomic E-state index is -1.50. The van der Waals surface area contributed by atoms with Crippen molar-refractivity contribution in [1.29, 1.82) is 0 Å². The van der Waals surface area contributed by atoms with Crippen LogP contribution in [0, 0.1) is 11.6 Å². The third-order valence-electron chi connectivity index (χ3n) is 8.15. The molecular formula is C31H34Cl2F2N2O10. The van der Waals surface area contributed by atoms with Gasteiger partial charge in [-0.05, 0) is 49.8 Å². The van der Waals surface area contributed by atoms with Crippen LogP contribution in [0.3, 0.4) is 0 Å². The molecular weight excluding hydrogens is 669 g/mol. The van der Waals surface area contributed by atoms with Crippen LogP contribution in [0.1, 0.15) is 31.4 Å². The number of carbonyl (C=O) groups is 1. The van der Waals surface area contributed by atoms with Gasteiger partial charge in [-0.15, -0.1) is 0 Å². The van der Waals surface area contributed by atoms with E-state index >= 15 is 4.39 Å². The van der Waals surface area contributed by atoms with Crippen LogP contribution in [-0.4, -0.2) is 95.9 Å². The number of carbonyl (C=O) groups excluding carboxylic acids is 1. The first-order valence-electron chi connectivity index (χ1n) is 14.6. The lowest BCUT2D eigenvalue weighted by molar-refractivity contribution is -0.155. The normalized spacial score (nSPS) is 31.1.